The number of rotatable bonds is 12. The molecular formula is C48H67N5O12. The summed E-state index contributed by atoms with van der Waals surface area (Å²) in [5, 5.41) is 73.7. The average molecular weight is 906 g/mol. The van der Waals surface area contributed by atoms with E-state index in [2.05, 4.69) is 22.6 Å². The Morgan fingerprint density at radius 1 is 1.02 bits per heavy atom. The minimum atomic E-state index is -2.06. The predicted octanol–water partition coefficient (Wildman–Crippen LogP) is 4.60. The Morgan fingerprint density at radius 3 is 2.42 bits per heavy atom. The second-order valence-electron chi connectivity index (χ2n) is 17.7. The zero-order valence-electron chi connectivity index (χ0n) is 39.2. The number of nitrogens with zero attached hydrogens (tertiary/aromatic N) is 3. The predicted molar refractivity (Wildman–Crippen MR) is 240 cm³/mol. The average Bonchev–Trinajstić information content (AvgIpc) is 3.84. The molecule has 0 aliphatic carbocycles. The number of hydrogen-bond acceptors (Lipinski definition) is 14. The molecule has 17 heteroatoms. The summed E-state index contributed by atoms with van der Waals surface area (Å²) < 4.78 is 25.4. The van der Waals surface area contributed by atoms with Crippen LogP contribution in [0.2, 0.25) is 0 Å². The molecular weight excluding hydrogens is 839 g/mol. The number of aryl methyl sites for hydroxylation is 2. The fraction of sp³-hybridized carbons (Fsp3) is 0.562. The first kappa shape index (κ1) is 50.5. The van der Waals surface area contributed by atoms with Crippen LogP contribution in [0.4, 0.5) is 5.69 Å². The highest BCUT2D eigenvalue weighted by Gasteiger charge is 2.49. The number of methoxy groups -OCH3 is 1. The lowest BCUT2D eigenvalue weighted by atomic mass is 9.78. The lowest BCUT2D eigenvalue weighted by Gasteiger charge is -2.38. The number of aliphatic hydroxyl groups is 2. The number of carbonyl (C=O) groups excluding carboxylic acids is 3. The van der Waals surface area contributed by atoms with E-state index < -0.39 is 88.8 Å². The van der Waals surface area contributed by atoms with Crippen molar-refractivity contribution in [3.63, 3.8) is 0 Å². The van der Waals surface area contributed by atoms with E-state index in [4.69, 9.17) is 18.9 Å². The lowest BCUT2D eigenvalue weighted by molar-refractivity contribution is -0.671. The number of ether oxygens (including phenoxy) is 4. The van der Waals surface area contributed by atoms with E-state index in [1.54, 1.807) is 44.5 Å². The van der Waals surface area contributed by atoms with Crippen molar-refractivity contribution in [3.8, 4) is 23.0 Å². The van der Waals surface area contributed by atoms with E-state index in [-0.39, 0.29) is 51.0 Å². The number of nitrogens with two attached hydrogens (primary N) is 1. The van der Waals surface area contributed by atoms with Crippen LogP contribution < -0.4 is 20.5 Å². The zero-order valence-corrected chi connectivity index (χ0v) is 39.2. The van der Waals surface area contributed by atoms with Gasteiger partial charge in [0.25, 0.3) is 11.7 Å². The van der Waals surface area contributed by atoms with E-state index in [1.807, 2.05) is 11.5 Å². The molecule has 0 radical (unpaired) electrons. The van der Waals surface area contributed by atoms with E-state index in [9.17, 15) is 39.9 Å². The van der Waals surface area contributed by atoms with Crippen molar-refractivity contribution in [1.29, 1.82) is 0 Å². The maximum absolute atomic E-state index is 14.5. The van der Waals surface area contributed by atoms with Gasteiger partial charge in [-0.3, -0.25) is 19.1 Å². The molecule has 356 valence electrons. The number of ketones is 1. The monoisotopic (exact) mass is 905 g/mol. The molecule has 0 spiro atoms. The van der Waals surface area contributed by atoms with Crippen LogP contribution in [-0.2, 0) is 43.3 Å². The first-order valence-electron chi connectivity index (χ1n) is 22.5. The number of phenolic OH excluding ortho intramolecular Hbond substituents is 2. The van der Waals surface area contributed by atoms with Gasteiger partial charge in [-0.05, 0) is 38.3 Å². The minimum absolute atomic E-state index is 0.0125. The molecule has 2 aromatic carbocycles. The molecule has 9 atom stereocenters. The summed E-state index contributed by atoms with van der Waals surface area (Å²) in [7, 11) is 1.44. The molecule has 65 heavy (non-hydrogen) atoms. The zero-order chi connectivity index (χ0) is 47.9. The van der Waals surface area contributed by atoms with Crippen LogP contribution in [0, 0.1) is 30.6 Å². The van der Waals surface area contributed by atoms with Gasteiger partial charge in [-0.15, -0.1) is 5.10 Å². The standard InChI is InChI=1S/C48H67N5O12/c1-11-12-13-18-32-24-53(52-51-32)21-15-20-49-23-33-38-43(59)36-35(42(33)58)37-45(30(7)41(36)57)65-48(9,46(37)60)63-22-19-34(62-10)27(4)44(64-31(8)54)29(6)40(56)28(5)39(55)25(2)16-14-17-26(3)47(61)50-38/h14,16-17,19,22,24-25,27-29,34,39-40,44,49,55-59H,11-13,15,18,20-21,23H2,1-10H3,(H,50,61)/b16-14+,22-19+,26-17-/t25-,27+,28+,29+,34-,39-,40+,44+,48-/m0/s1. The molecule has 0 fully saturated rings. The summed E-state index contributed by atoms with van der Waals surface area (Å²) >= 11 is 0. The fourth-order valence-electron chi connectivity index (χ4n) is 8.73. The highest BCUT2D eigenvalue weighted by atomic mass is 16.7. The Labute approximate surface area is 380 Å². The number of carbonyl (C=O) groups is 3. The summed E-state index contributed by atoms with van der Waals surface area (Å²) in [4.78, 5) is 40.7. The molecule has 1 amide bonds. The van der Waals surface area contributed by atoms with Crippen molar-refractivity contribution in [1.82, 2.24) is 15.0 Å². The number of fused-ring (bicyclic) bond motifs is 14. The van der Waals surface area contributed by atoms with Crippen molar-refractivity contribution in [2.24, 2.45) is 23.7 Å². The van der Waals surface area contributed by atoms with Gasteiger partial charge in [0.1, 0.15) is 29.9 Å². The van der Waals surface area contributed by atoms with Crippen LogP contribution >= 0.6 is 0 Å². The van der Waals surface area contributed by atoms with Crippen molar-refractivity contribution in [3.05, 3.63) is 64.7 Å². The van der Waals surface area contributed by atoms with Crippen LogP contribution in [0.1, 0.15) is 108 Å². The maximum atomic E-state index is 14.5. The molecule has 4 heterocycles. The van der Waals surface area contributed by atoms with Gasteiger partial charge in [-0.1, -0.05) is 76.7 Å². The van der Waals surface area contributed by atoms with Gasteiger partial charge in [0.05, 0.1) is 53.6 Å². The molecule has 3 aliphatic rings. The number of unbranched alkanes of at least 4 members (excludes halogenated alkanes) is 2. The molecule has 0 saturated carbocycles. The van der Waals surface area contributed by atoms with Crippen molar-refractivity contribution in [2.45, 2.75) is 138 Å². The summed E-state index contributed by atoms with van der Waals surface area (Å²) in [6, 6.07) is 0. The Morgan fingerprint density at radius 2 is 1.74 bits per heavy atom. The molecule has 1 aromatic heterocycles. The number of aromatic nitrogens is 3. The van der Waals surface area contributed by atoms with Gasteiger partial charge < -0.3 is 55.1 Å². The highest BCUT2D eigenvalue weighted by molar-refractivity contribution is 6.22. The van der Waals surface area contributed by atoms with Crippen LogP contribution in [0.15, 0.2) is 42.3 Å². The number of quaternary nitrogens is 1. The van der Waals surface area contributed by atoms with Gasteiger partial charge in [0, 0.05) is 80.1 Å². The number of aromatic hydroxyl groups is 2. The molecule has 17 nitrogen and oxygen atoms in total. The topological polar surface area (TPSA) is 251 Å². The van der Waals surface area contributed by atoms with Crippen LogP contribution in [0.25, 0.3) is 10.8 Å². The van der Waals surface area contributed by atoms with Gasteiger partial charge in [0.2, 0.25) is 0 Å². The number of phenols is 2. The normalized spacial score (nSPS) is 28.3. The second-order valence-corrected chi connectivity index (χ2v) is 17.7. The number of amides is 1. The van der Waals surface area contributed by atoms with Gasteiger partial charge in [0.15, 0.2) is 0 Å². The summed E-state index contributed by atoms with van der Waals surface area (Å²) in [5.41, 5.74) is 0.741. The van der Waals surface area contributed by atoms with E-state index in [1.165, 1.54) is 53.2 Å². The van der Waals surface area contributed by atoms with Gasteiger partial charge >= 0.3 is 11.8 Å². The SMILES string of the molecule is CCCCCc1cn(CCC[NH2+]Cc2c3c(O)c4c([O-])c(C)c5c(c4c2O)C(=O)[C@@](C)(O/C=C/[C@H](OC)[C@@H](C)[C@@H](OC(C)=O)[C@H](C)[C@H](O)[C@H](C)[C@@H](O)[C@@H](C)/C=C/C=C(/C)C(=O)N3)O5)nn1. The Bertz CT molecular complexity index is 2300. The fourth-order valence-corrected chi connectivity index (χ4v) is 8.73. The third-order valence-corrected chi connectivity index (χ3v) is 12.8. The van der Waals surface area contributed by atoms with Gasteiger partial charge in [-0.25, -0.2) is 0 Å². The molecule has 5 bridgehead atoms. The number of aliphatic hydroxyl groups excluding tert-OH is 2. The smallest absolute Gasteiger partial charge is 0.312 e. The number of esters is 1. The minimum Gasteiger partial charge on any atom is -0.872 e. The second kappa shape index (κ2) is 21.7. The Balaban J connectivity index is 1.58. The molecule has 6 rings (SSSR count). The third-order valence-electron chi connectivity index (χ3n) is 12.8. The Hall–Kier alpha value is -5.49. The van der Waals surface area contributed by atoms with Gasteiger partial charge in [-0.2, -0.15) is 0 Å². The molecule has 0 unspecified atom stereocenters. The number of Topliss-reactive ketones (excluding diaryl/α,β-unsaturated/α-hetero) is 1. The number of benzene rings is 2. The third kappa shape index (κ3) is 11.0. The van der Waals surface area contributed by atoms with Crippen LogP contribution in [0.5, 0.6) is 23.0 Å². The number of allylic oxidation sites excluding steroid dienone is 2. The van der Waals surface area contributed by atoms with E-state index >= 15 is 0 Å². The molecule has 3 aromatic rings. The summed E-state index contributed by atoms with van der Waals surface area (Å²) in [6.45, 7) is 15.7. The molecule has 3 aliphatic heterocycles. The number of nitrogens with one attached hydrogen (secondary N) is 1. The summed E-state index contributed by atoms with van der Waals surface area (Å²) in [6.07, 6.45) is 10.3. The number of hydrogen-bond donors (Lipinski definition) is 6. The Kier molecular flexibility index (Phi) is 16.8. The lowest BCUT2D eigenvalue weighted by Crippen LogP contribution is -2.82. The molecule has 0 saturated heterocycles. The molecule has 7 N–H and O–H groups in total. The highest BCUT2D eigenvalue weighted by Crippen LogP contribution is 2.54. The number of anilines is 1. The quantitative estimate of drug-likeness (QED) is 0.0629. The van der Waals surface area contributed by atoms with Crippen molar-refractivity contribution >= 4 is 34.1 Å². The largest absolute Gasteiger partial charge is 0.872 e. The first-order valence-corrected chi connectivity index (χ1v) is 22.5. The van der Waals surface area contributed by atoms with Crippen LogP contribution in [-0.4, -0.2) is 96.9 Å². The maximum Gasteiger partial charge on any atom is 0.312 e. The van der Waals surface area contributed by atoms with E-state index in [0.29, 0.717) is 19.5 Å². The van der Waals surface area contributed by atoms with E-state index in [0.717, 1.165) is 31.4 Å². The summed E-state index contributed by atoms with van der Waals surface area (Å²) in [5.74, 6) is -8.59. The van der Waals surface area contributed by atoms with Crippen molar-refractivity contribution < 1.29 is 64.2 Å². The van der Waals surface area contributed by atoms with Crippen LogP contribution in [0.3, 0.4) is 0 Å². The van der Waals surface area contributed by atoms with Crippen molar-refractivity contribution in [2.75, 3.05) is 19.0 Å². The first-order chi connectivity index (χ1) is 30.8.